The molecule has 0 unspecified atom stereocenters. The van der Waals surface area contributed by atoms with Gasteiger partial charge < -0.3 is 20.5 Å². The molecule has 3 N–H and O–H groups in total. The number of nitrogens with zero attached hydrogens (tertiary/aromatic N) is 1. The van der Waals surface area contributed by atoms with Gasteiger partial charge in [0.15, 0.2) is 6.61 Å². The summed E-state index contributed by atoms with van der Waals surface area (Å²) in [6, 6.07) is 5.48. The number of benzene rings is 1. The predicted molar refractivity (Wildman–Crippen MR) is 110 cm³/mol. The number of thiophene rings is 1. The van der Waals surface area contributed by atoms with E-state index < -0.39 is 36.2 Å². The second-order valence-corrected chi connectivity index (χ2v) is 7.44. The summed E-state index contributed by atoms with van der Waals surface area (Å²) in [5, 5.41) is 4.29. The monoisotopic (exact) mass is 445 g/mol. The van der Waals surface area contributed by atoms with Crippen molar-refractivity contribution in [2.45, 2.75) is 6.42 Å². The SMILES string of the molecule is COCCCN1C(=O)c2ccc(C(=O)OCC(=O)Nc3sccc3C(N)=O)cc2C1=O. The number of carbonyl (C=O) groups excluding carboxylic acids is 5. The van der Waals surface area contributed by atoms with Crippen molar-refractivity contribution in [2.75, 3.05) is 32.2 Å². The third-order valence-corrected chi connectivity index (χ3v) is 5.28. The minimum Gasteiger partial charge on any atom is -0.452 e. The smallest absolute Gasteiger partial charge is 0.338 e. The van der Waals surface area contributed by atoms with Gasteiger partial charge in [-0.05, 0) is 36.1 Å². The molecule has 0 saturated carbocycles. The van der Waals surface area contributed by atoms with E-state index in [9.17, 15) is 24.0 Å². The molecule has 1 aliphatic rings. The van der Waals surface area contributed by atoms with E-state index in [0.29, 0.717) is 13.0 Å². The summed E-state index contributed by atoms with van der Waals surface area (Å²) in [6.07, 6.45) is 0.494. The van der Waals surface area contributed by atoms with Crippen LogP contribution in [0, 0.1) is 0 Å². The van der Waals surface area contributed by atoms with Gasteiger partial charge in [-0.3, -0.25) is 24.1 Å². The van der Waals surface area contributed by atoms with Gasteiger partial charge in [-0.25, -0.2) is 4.79 Å². The highest BCUT2D eigenvalue weighted by Gasteiger charge is 2.35. The summed E-state index contributed by atoms with van der Waals surface area (Å²) in [5.74, 6) is -3.12. The van der Waals surface area contributed by atoms with Crippen molar-refractivity contribution in [2.24, 2.45) is 5.73 Å². The first-order valence-electron chi connectivity index (χ1n) is 9.17. The summed E-state index contributed by atoms with van der Waals surface area (Å²) in [6.45, 7) is -0.00234. The highest BCUT2D eigenvalue weighted by atomic mass is 32.1. The normalized spacial score (nSPS) is 12.6. The van der Waals surface area contributed by atoms with Crippen LogP contribution in [0.1, 0.15) is 47.9 Å². The molecule has 0 bridgehead atoms. The summed E-state index contributed by atoms with van der Waals surface area (Å²) < 4.78 is 9.91. The van der Waals surface area contributed by atoms with E-state index in [4.69, 9.17) is 15.2 Å². The first kappa shape index (κ1) is 22.1. The molecule has 2 aromatic rings. The van der Waals surface area contributed by atoms with Crippen LogP contribution in [0.25, 0.3) is 0 Å². The fourth-order valence-electron chi connectivity index (χ4n) is 2.97. The molecule has 11 heteroatoms. The molecule has 0 fully saturated rings. The van der Waals surface area contributed by atoms with Gasteiger partial charge in [0.2, 0.25) is 0 Å². The number of primary amides is 1. The zero-order valence-corrected chi connectivity index (χ0v) is 17.3. The number of amides is 4. The van der Waals surface area contributed by atoms with E-state index in [1.54, 1.807) is 5.38 Å². The van der Waals surface area contributed by atoms with Crippen molar-refractivity contribution in [3.8, 4) is 0 Å². The molecule has 0 spiro atoms. The number of esters is 1. The van der Waals surface area contributed by atoms with E-state index in [0.717, 1.165) is 16.2 Å². The van der Waals surface area contributed by atoms with Crippen LogP contribution in [0.4, 0.5) is 5.00 Å². The average molecular weight is 445 g/mol. The minimum atomic E-state index is -0.836. The number of methoxy groups -OCH3 is 1. The summed E-state index contributed by atoms with van der Waals surface area (Å²) in [7, 11) is 1.53. The number of hydrogen-bond acceptors (Lipinski definition) is 8. The van der Waals surface area contributed by atoms with Gasteiger partial charge in [0.1, 0.15) is 5.00 Å². The van der Waals surface area contributed by atoms with Gasteiger partial charge in [0.05, 0.1) is 22.3 Å². The van der Waals surface area contributed by atoms with Crippen molar-refractivity contribution in [3.63, 3.8) is 0 Å². The van der Waals surface area contributed by atoms with E-state index in [2.05, 4.69) is 5.32 Å². The van der Waals surface area contributed by atoms with Crippen LogP contribution in [0.5, 0.6) is 0 Å². The lowest BCUT2D eigenvalue weighted by atomic mass is 10.1. The number of ether oxygens (including phenoxy) is 2. The number of hydrogen-bond donors (Lipinski definition) is 2. The number of fused-ring (bicyclic) bond motifs is 1. The third kappa shape index (κ3) is 4.78. The molecule has 1 aromatic heterocycles. The first-order valence-corrected chi connectivity index (χ1v) is 10.0. The maximum absolute atomic E-state index is 12.5. The maximum Gasteiger partial charge on any atom is 0.338 e. The van der Waals surface area contributed by atoms with Gasteiger partial charge in [0.25, 0.3) is 23.6 Å². The second-order valence-electron chi connectivity index (χ2n) is 6.52. The number of nitrogens with one attached hydrogen (secondary N) is 1. The Labute approximate surface area is 180 Å². The number of nitrogens with two attached hydrogens (primary N) is 1. The van der Waals surface area contributed by atoms with Crippen LogP contribution >= 0.6 is 11.3 Å². The number of carbonyl (C=O) groups is 5. The molecule has 1 aromatic carbocycles. The molecule has 4 amide bonds. The Morgan fingerprint density at radius 3 is 2.58 bits per heavy atom. The second kappa shape index (κ2) is 9.49. The molecule has 31 heavy (non-hydrogen) atoms. The van der Waals surface area contributed by atoms with Crippen molar-refractivity contribution in [3.05, 3.63) is 51.9 Å². The van der Waals surface area contributed by atoms with Crippen LogP contribution in [-0.2, 0) is 14.3 Å². The van der Waals surface area contributed by atoms with E-state index >= 15 is 0 Å². The predicted octanol–water partition coefficient (Wildman–Crippen LogP) is 1.27. The topological polar surface area (TPSA) is 145 Å². The van der Waals surface area contributed by atoms with E-state index in [1.807, 2.05) is 0 Å². The molecule has 0 atom stereocenters. The largest absolute Gasteiger partial charge is 0.452 e. The molecule has 0 saturated heterocycles. The van der Waals surface area contributed by atoms with Crippen molar-refractivity contribution in [1.82, 2.24) is 4.90 Å². The Morgan fingerprint density at radius 1 is 1.13 bits per heavy atom. The van der Waals surface area contributed by atoms with Gasteiger partial charge in [-0.2, -0.15) is 0 Å². The standard InChI is InChI=1S/C20H19N3O7S/c1-29-7-2-6-23-18(26)12-4-3-11(9-14(12)19(23)27)20(28)30-10-15(24)22-17-13(16(21)25)5-8-31-17/h3-5,8-9H,2,6-7,10H2,1H3,(H2,21,25)(H,22,24). The molecule has 2 heterocycles. The number of rotatable bonds is 9. The van der Waals surface area contributed by atoms with Crippen molar-refractivity contribution in [1.29, 1.82) is 0 Å². The van der Waals surface area contributed by atoms with Crippen molar-refractivity contribution < 1.29 is 33.4 Å². The Morgan fingerprint density at radius 2 is 1.87 bits per heavy atom. The van der Waals surface area contributed by atoms with E-state index in [1.165, 1.54) is 31.4 Å². The van der Waals surface area contributed by atoms with Crippen LogP contribution in [0.3, 0.4) is 0 Å². The summed E-state index contributed by atoms with van der Waals surface area (Å²) in [4.78, 5) is 61.6. The van der Waals surface area contributed by atoms with Crippen LogP contribution < -0.4 is 11.1 Å². The molecule has 3 rings (SSSR count). The zero-order chi connectivity index (χ0) is 22.5. The highest BCUT2D eigenvalue weighted by Crippen LogP contribution is 2.25. The first-order chi connectivity index (χ1) is 14.8. The van der Waals surface area contributed by atoms with Gasteiger partial charge >= 0.3 is 5.97 Å². The molecular formula is C20H19N3O7S. The Kier molecular flexibility index (Phi) is 6.78. The van der Waals surface area contributed by atoms with Crippen LogP contribution in [-0.4, -0.2) is 61.4 Å². The fraction of sp³-hybridized carbons (Fsp3) is 0.250. The van der Waals surface area contributed by atoms with Crippen LogP contribution in [0.15, 0.2) is 29.6 Å². The molecule has 1 aliphatic heterocycles. The Hall–Kier alpha value is -3.57. The molecule has 0 aliphatic carbocycles. The average Bonchev–Trinajstić information content (AvgIpc) is 3.30. The molecule has 162 valence electrons. The lowest BCUT2D eigenvalue weighted by Crippen LogP contribution is -2.31. The Balaban J connectivity index is 1.62. The van der Waals surface area contributed by atoms with Gasteiger partial charge in [0, 0.05) is 20.3 Å². The third-order valence-electron chi connectivity index (χ3n) is 4.45. The van der Waals surface area contributed by atoms with Gasteiger partial charge in [-0.15, -0.1) is 11.3 Å². The number of imide groups is 1. The Bertz CT molecular complexity index is 1060. The lowest BCUT2D eigenvalue weighted by Gasteiger charge is -2.12. The number of anilines is 1. The highest BCUT2D eigenvalue weighted by molar-refractivity contribution is 7.14. The zero-order valence-electron chi connectivity index (χ0n) is 16.5. The molecule has 10 nitrogen and oxygen atoms in total. The van der Waals surface area contributed by atoms with Gasteiger partial charge in [-0.1, -0.05) is 0 Å². The fourth-order valence-corrected chi connectivity index (χ4v) is 3.77. The summed E-state index contributed by atoms with van der Waals surface area (Å²) >= 11 is 1.10. The quantitative estimate of drug-likeness (QED) is 0.336. The maximum atomic E-state index is 12.5. The van der Waals surface area contributed by atoms with Crippen LogP contribution in [0.2, 0.25) is 0 Å². The van der Waals surface area contributed by atoms with Crippen molar-refractivity contribution >= 4 is 45.9 Å². The lowest BCUT2D eigenvalue weighted by molar-refractivity contribution is -0.119. The molecular weight excluding hydrogens is 426 g/mol. The molecule has 0 radical (unpaired) electrons. The van der Waals surface area contributed by atoms with E-state index in [-0.39, 0.29) is 33.8 Å². The minimum absolute atomic E-state index is 0.0281. The summed E-state index contributed by atoms with van der Waals surface area (Å²) in [5.41, 5.74) is 5.70.